The van der Waals surface area contributed by atoms with Crippen LogP contribution in [0.3, 0.4) is 0 Å². The third-order valence-corrected chi connectivity index (χ3v) is 2.45. The lowest BCUT2D eigenvalue weighted by Gasteiger charge is -2.06. The Hall–Kier alpha value is -1.66. The molecule has 0 spiro atoms. The van der Waals surface area contributed by atoms with Gasteiger partial charge in [-0.15, -0.1) is 0 Å². The van der Waals surface area contributed by atoms with E-state index in [0.29, 0.717) is 38.5 Å². The van der Waals surface area contributed by atoms with Crippen LogP contribution in [0.4, 0.5) is 0 Å². The van der Waals surface area contributed by atoms with Crippen LogP contribution in [0.25, 0.3) is 0 Å². The molecule has 0 saturated carbocycles. The Balaban J connectivity index is 2.14. The van der Waals surface area contributed by atoms with Crippen LogP contribution < -0.4 is 15.4 Å². The molecule has 0 atom stereocenters. The molecule has 0 aliphatic heterocycles. The first-order chi connectivity index (χ1) is 9.26. The van der Waals surface area contributed by atoms with Gasteiger partial charge in [0.15, 0.2) is 0 Å². The maximum Gasteiger partial charge on any atom is 0.221 e. The first-order valence-corrected chi connectivity index (χ1v) is 6.22. The van der Waals surface area contributed by atoms with Gasteiger partial charge in [0, 0.05) is 39.2 Å². The number of amides is 1. The van der Waals surface area contributed by atoms with Crippen molar-refractivity contribution < 1.29 is 14.3 Å². The second kappa shape index (κ2) is 9.29. The fourth-order valence-electron chi connectivity index (χ4n) is 1.47. The molecule has 1 amide bonds. The van der Waals surface area contributed by atoms with E-state index in [1.165, 1.54) is 0 Å². The topological polar surface area (TPSA) is 72.5 Å². The van der Waals surface area contributed by atoms with Gasteiger partial charge in [-0.25, -0.2) is 4.98 Å². The number of carbonyl (C=O) groups excluding carboxylic acids is 1. The van der Waals surface area contributed by atoms with E-state index in [2.05, 4.69) is 15.6 Å². The van der Waals surface area contributed by atoms with Crippen LogP contribution in [0.2, 0.25) is 0 Å². The fourth-order valence-corrected chi connectivity index (χ4v) is 1.47. The van der Waals surface area contributed by atoms with E-state index >= 15 is 0 Å². The van der Waals surface area contributed by atoms with Crippen molar-refractivity contribution in [1.82, 2.24) is 15.6 Å². The molecule has 19 heavy (non-hydrogen) atoms. The molecule has 1 heterocycles. The summed E-state index contributed by atoms with van der Waals surface area (Å²) in [5, 5.41) is 5.93. The van der Waals surface area contributed by atoms with E-state index < -0.39 is 0 Å². The van der Waals surface area contributed by atoms with Crippen LogP contribution in [0, 0.1) is 0 Å². The smallest absolute Gasteiger partial charge is 0.221 e. The first-order valence-electron chi connectivity index (χ1n) is 6.22. The number of rotatable bonds is 9. The lowest BCUT2D eigenvalue weighted by molar-refractivity contribution is -0.121. The molecule has 6 heteroatoms. The number of aromatic nitrogens is 1. The molecule has 1 aromatic rings. The molecule has 0 fully saturated rings. The zero-order chi connectivity index (χ0) is 13.9. The van der Waals surface area contributed by atoms with Crippen LogP contribution in [-0.4, -0.2) is 44.8 Å². The van der Waals surface area contributed by atoms with E-state index in [0.717, 1.165) is 5.69 Å². The summed E-state index contributed by atoms with van der Waals surface area (Å²) in [5.74, 6) is 0.611. The standard InChI is InChI=1S/C13H21N3O3/c1-18-9-8-15-12(17)6-7-14-10-11-4-3-5-13(16-11)19-2/h3-5,14H,6-10H2,1-2H3,(H,15,17). The Bertz CT molecular complexity index is 385. The number of hydrogen-bond acceptors (Lipinski definition) is 5. The molecule has 106 valence electrons. The van der Waals surface area contributed by atoms with Gasteiger partial charge in [0.1, 0.15) is 0 Å². The fraction of sp³-hybridized carbons (Fsp3) is 0.538. The van der Waals surface area contributed by atoms with Gasteiger partial charge < -0.3 is 20.1 Å². The number of nitrogens with zero attached hydrogens (tertiary/aromatic N) is 1. The molecule has 1 aromatic heterocycles. The van der Waals surface area contributed by atoms with Crippen LogP contribution in [-0.2, 0) is 16.1 Å². The van der Waals surface area contributed by atoms with Crippen molar-refractivity contribution in [1.29, 1.82) is 0 Å². The molecule has 0 aromatic carbocycles. The maximum absolute atomic E-state index is 11.4. The Morgan fingerprint density at radius 2 is 2.16 bits per heavy atom. The van der Waals surface area contributed by atoms with Crippen molar-refractivity contribution in [2.24, 2.45) is 0 Å². The van der Waals surface area contributed by atoms with E-state index in [1.54, 1.807) is 20.3 Å². The quantitative estimate of drug-likeness (QED) is 0.631. The van der Waals surface area contributed by atoms with Crippen molar-refractivity contribution in [3.05, 3.63) is 23.9 Å². The molecular formula is C13H21N3O3. The maximum atomic E-state index is 11.4. The Labute approximate surface area is 113 Å². The Kier molecular flexibility index (Phi) is 7.53. The molecular weight excluding hydrogens is 246 g/mol. The minimum Gasteiger partial charge on any atom is -0.481 e. The van der Waals surface area contributed by atoms with Crippen molar-refractivity contribution >= 4 is 5.91 Å². The number of nitrogens with one attached hydrogen (secondary N) is 2. The van der Waals surface area contributed by atoms with Gasteiger partial charge in [-0.2, -0.15) is 0 Å². The molecule has 0 saturated heterocycles. The SMILES string of the molecule is COCCNC(=O)CCNCc1cccc(OC)n1. The lowest BCUT2D eigenvalue weighted by Crippen LogP contribution is -2.30. The lowest BCUT2D eigenvalue weighted by atomic mass is 10.3. The molecule has 1 rings (SSSR count). The summed E-state index contributed by atoms with van der Waals surface area (Å²) in [7, 11) is 3.19. The third-order valence-electron chi connectivity index (χ3n) is 2.45. The highest BCUT2D eigenvalue weighted by molar-refractivity contribution is 5.75. The zero-order valence-corrected chi connectivity index (χ0v) is 11.4. The Morgan fingerprint density at radius 1 is 1.32 bits per heavy atom. The number of pyridine rings is 1. The molecule has 2 N–H and O–H groups in total. The van der Waals surface area contributed by atoms with Crippen LogP contribution in [0.5, 0.6) is 5.88 Å². The van der Waals surface area contributed by atoms with E-state index in [-0.39, 0.29) is 5.91 Å². The average Bonchev–Trinajstić information content (AvgIpc) is 2.44. The molecule has 0 radical (unpaired) electrons. The van der Waals surface area contributed by atoms with Crippen molar-refractivity contribution in [3.63, 3.8) is 0 Å². The summed E-state index contributed by atoms with van der Waals surface area (Å²) >= 11 is 0. The second-order valence-electron chi connectivity index (χ2n) is 3.94. The normalized spacial score (nSPS) is 10.2. The second-order valence-corrected chi connectivity index (χ2v) is 3.94. The van der Waals surface area contributed by atoms with E-state index in [1.807, 2.05) is 12.1 Å². The van der Waals surface area contributed by atoms with Crippen LogP contribution in [0.15, 0.2) is 18.2 Å². The Morgan fingerprint density at radius 3 is 2.89 bits per heavy atom. The van der Waals surface area contributed by atoms with Gasteiger partial charge in [-0.3, -0.25) is 4.79 Å². The van der Waals surface area contributed by atoms with Gasteiger partial charge in [0.2, 0.25) is 11.8 Å². The number of ether oxygens (including phenoxy) is 2. The molecule has 0 bridgehead atoms. The summed E-state index contributed by atoms with van der Waals surface area (Å²) in [6.07, 6.45) is 0.438. The van der Waals surface area contributed by atoms with Crippen molar-refractivity contribution in [3.8, 4) is 5.88 Å². The monoisotopic (exact) mass is 267 g/mol. The zero-order valence-electron chi connectivity index (χ0n) is 11.4. The number of methoxy groups -OCH3 is 2. The van der Waals surface area contributed by atoms with Gasteiger partial charge in [-0.1, -0.05) is 6.07 Å². The third kappa shape index (κ3) is 6.73. The summed E-state index contributed by atoms with van der Waals surface area (Å²) in [5.41, 5.74) is 0.888. The molecule has 0 unspecified atom stereocenters. The van der Waals surface area contributed by atoms with Crippen LogP contribution in [0.1, 0.15) is 12.1 Å². The molecule has 0 aliphatic rings. The predicted octanol–water partition coefficient (Wildman–Crippen LogP) is 0.333. The van der Waals surface area contributed by atoms with Gasteiger partial charge in [-0.05, 0) is 6.07 Å². The van der Waals surface area contributed by atoms with Gasteiger partial charge >= 0.3 is 0 Å². The van der Waals surface area contributed by atoms with E-state index in [9.17, 15) is 4.79 Å². The van der Waals surface area contributed by atoms with Crippen molar-refractivity contribution in [2.45, 2.75) is 13.0 Å². The number of carbonyl (C=O) groups is 1. The minimum atomic E-state index is 0.0168. The largest absolute Gasteiger partial charge is 0.481 e. The highest BCUT2D eigenvalue weighted by atomic mass is 16.5. The van der Waals surface area contributed by atoms with Crippen molar-refractivity contribution in [2.75, 3.05) is 33.9 Å². The first kappa shape index (κ1) is 15.4. The number of hydrogen-bond donors (Lipinski definition) is 2. The molecule has 0 aliphatic carbocycles. The summed E-state index contributed by atoms with van der Waals surface area (Å²) in [4.78, 5) is 15.7. The minimum absolute atomic E-state index is 0.0168. The van der Waals surface area contributed by atoms with Gasteiger partial charge in [0.05, 0.1) is 19.4 Å². The highest BCUT2D eigenvalue weighted by Gasteiger charge is 2.01. The highest BCUT2D eigenvalue weighted by Crippen LogP contribution is 2.05. The van der Waals surface area contributed by atoms with Crippen LogP contribution >= 0.6 is 0 Å². The summed E-state index contributed by atoms with van der Waals surface area (Å²) in [6, 6.07) is 5.60. The molecule has 6 nitrogen and oxygen atoms in total. The predicted molar refractivity (Wildman–Crippen MR) is 72.0 cm³/mol. The summed E-state index contributed by atoms with van der Waals surface area (Å²) < 4.78 is 9.89. The van der Waals surface area contributed by atoms with E-state index in [4.69, 9.17) is 9.47 Å². The summed E-state index contributed by atoms with van der Waals surface area (Å²) in [6.45, 7) is 2.31. The average molecular weight is 267 g/mol. The van der Waals surface area contributed by atoms with Gasteiger partial charge in [0.25, 0.3) is 0 Å².